The average Bonchev–Trinajstić information content (AvgIpc) is 3.06. The molecule has 146 valence electrons. The highest BCUT2D eigenvalue weighted by Crippen LogP contribution is 2.30. The summed E-state index contributed by atoms with van der Waals surface area (Å²) >= 11 is 0. The van der Waals surface area contributed by atoms with Crippen LogP contribution < -0.4 is 10.6 Å². The highest BCUT2D eigenvalue weighted by atomic mass is 16.2. The van der Waals surface area contributed by atoms with Crippen LogP contribution in [0.3, 0.4) is 0 Å². The van der Waals surface area contributed by atoms with E-state index in [9.17, 15) is 14.9 Å². The Labute approximate surface area is 170 Å². The van der Waals surface area contributed by atoms with Crippen molar-refractivity contribution in [3.63, 3.8) is 0 Å². The van der Waals surface area contributed by atoms with Gasteiger partial charge < -0.3 is 10.6 Å². The molecule has 1 aliphatic heterocycles. The summed E-state index contributed by atoms with van der Waals surface area (Å²) in [7, 11) is 0. The van der Waals surface area contributed by atoms with Crippen LogP contribution >= 0.6 is 0 Å². The van der Waals surface area contributed by atoms with Crippen LogP contribution in [0.4, 0.5) is 0 Å². The fraction of sp³-hybridized carbons (Fsp3) is 0.217. The molecule has 6 nitrogen and oxygen atoms in total. The molecule has 3 rings (SSSR count). The molecule has 0 aliphatic carbocycles. The van der Waals surface area contributed by atoms with Crippen molar-refractivity contribution in [2.45, 2.75) is 20.8 Å². The SMILES string of the molecule is Cc1ccc(C(=O)NC2=NC(=C(C#N)C(=O)NCC(C)C)c3ccccc32)cc1. The van der Waals surface area contributed by atoms with E-state index in [0.717, 1.165) is 5.56 Å². The number of benzene rings is 2. The lowest BCUT2D eigenvalue weighted by atomic mass is 10.0. The van der Waals surface area contributed by atoms with Gasteiger partial charge in [0.1, 0.15) is 17.5 Å². The van der Waals surface area contributed by atoms with Crippen molar-refractivity contribution in [1.82, 2.24) is 10.6 Å². The Bertz CT molecular complexity index is 1060. The number of nitrogens with one attached hydrogen (secondary N) is 2. The summed E-state index contributed by atoms with van der Waals surface area (Å²) in [5, 5.41) is 15.2. The zero-order valence-corrected chi connectivity index (χ0v) is 16.6. The summed E-state index contributed by atoms with van der Waals surface area (Å²) in [6.07, 6.45) is 0. The highest BCUT2D eigenvalue weighted by molar-refractivity contribution is 6.20. The second kappa shape index (κ2) is 8.53. The van der Waals surface area contributed by atoms with Gasteiger partial charge in [-0.05, 0) is 25.0 Å². The Morgan fingerprint density at radius 3 is 2.34 bits per heavy atom. The Balaban J connectivity index is 1.96. The van der Waals surface area contributed by atoms with Crippen LogP contribution in [0, 0.1) is 24.2 Å². The maximum atomic E-state index is 12.6. The van der Waals surface area contributed by atoms with Gasteiger partial charge in [0.05, 0.1) is 5.70 Å². The number of rotatable bonds is 4. The fourth-order valence-corrected chi connectivity index (χ4v) is 2.90. The molecule has 2 N–H and O–H groups in total. The monoisotopic (exact) mass is 386 g/mol. The second-order valence-electron chi connectivity index (χ2n) is 7.27. The number of amidine groups is 1. The Morgan fingerprint density at radius 1 is 1.07 bits per heavy atom. The minimum Gasteiger partial charge on any atom is -0.351 e. The zero-order valence-electron chi connectivity index (χ0n) is 16.6. The Kier molecular flexibility index (Phi) is 5.89. The number of nitrogens with zero attached hydrogens (tertiary/aromatic N) is 2. The lowest BCUT2D eigenvalue weighted by molar-refractivity contribution is -0.117. The molecular weight excluding hydrogens is 364 g/mol. The van der Waals surface area contributed by atoms with E-state index < -0.39 is 5.91 Å². The molecule has 0 saturated carbocycles. The van der Waals surface area contributed by atoms with Crippen molar-refractivity contribution < 1.29 is 9.59 Å². The van der Waals surface area contributed by atoms with E-state index in [4.69, 9.17) is 0 Å². The van der Waals surface area contributed by atoms with Crippen molar-refractivity contribution in [1.29, 1.82) is 5.26 Å². The van der Waals surface area contributed by atoms with Crippen molar-refractivity contribution in [2.24, 2.45) is 10.9 Å². The van der Waals surface area contributed by atoms with Gasteiger partial charge >= 0.3 is 0 Å². The lowest BCUT2D eigenvalue weighted by Crippen LogP contribution is -2.30. The van der Waals surface area contributed by atoms with Crippen molar-refractivity contribution >= 4 is 23.3 Å². The first-order valence-electron chi connectivity index (χ1n) is 9.39. The number of amides is 2. The molecule has 0 radical (unpaired) electrons. The molecule has 2 aromatic carbocycles. The zero-order chi connectivity index (χ0) is 21.0. The van der Waals surface area contributed by atoms with Crippen LogP contribution in [-0.2, 0) is 4.79 Å². The van der Waals surface area contributed by atoms with Crippen LogP contribution in [0.2, 0.25) is 0 Å². The molecule has 0 aromatic heterocycles. The van der Waals surface area contributed by atoms with Crippen LogP contribution in [0.1, 0.15) is 40.9 Å². The largest absolute Gasteiger partial charge is 0.351 e. The van der Waals surface area contributed by atoms with Gasteiger partial charge in [-0.15, -0.1) is 0 Å². The molecule has 0 saturated heterocycles. The van der Waals surface area contributed by atoms with E-state index in [-0.39, 0.29) is 23.1 Å². The minimum absolute atomic E-state index is 0.0716. The molecule has 0 bridgehead atoms. The standard InChI is InChI=1S/C23H22N4O2/c1-14(2)13-25-23(29)19(12-24)20-17-6-4-5-7-18(17)21(26-20)27-22(28)16-10-8-15(3)9-11-16/h4-11,14H,13H2,1-3H3,(H,25,29)(H,26,27,28). The number of carbonyl (C=O) groups is 2. The molecule has 6 heteroatoms. The molecule has 0 atom stereocenters. The Hall–Kier alpha value is -3.72. The summed E-state index contributed by atoms with van der Waals surface area (Å²) in [5.74, 6) is -0.193. The van der Waals surface area contributed by atoms with Gasteiger partial charge in [-0.25, -0.2) is 4.99 Å². The number of nitriles is 1. The smallest absolute Gasteiger partial charge is 0.264 e. The van der Waals surface area contributed by atoms with Gasteiger partial charge in [-0.3, -0.25) is 9.59 Å². The summed E-state index contributed by atoms with van der Waals surface area (Å²) in [4.78, 5) is 29.6. The number of carbonyl (C=O) groups excluding carboxylic acids is 2. The number of hydrogen-bond donors (Lipinski definition) is 2. The molecule has 1 heterocycles. The van der Waals surface area contributed by atoms with Gasteiger partial charge in [0.25, 0.3) is 11.8 Å². The van der Waals surface area contributed by atoms with Crippen LogP contribution in [-0.4, -0.2) is 24.2 Å². The third kappa shape index (κ3) is 4.41. The Morgan fingerprint density at radius 2 is 1.72 bits per heavy atom. The predicted molar refractivity (Wildman–Crippen MR) is 112 cm³/mol. The third-order valence-electron chi connectivity index (χ3n) is 4.45. The van der Waals surface area contributed by atoms with E-state index in [1.165, 1.54) is 0 Å². The van der Waals surface area contributed by atoms with E-state index in [0.29, 0.717) is 29.1 Å². The van der Waals surface area contributed by atoms with Crippen LogP contribution in [0.25, 0.3) is 5.70 Å². The summed E-state index contributed by atoms with van der Waals surface area (Å²) in [5.41, 5.74) is 3.07. The quantitative estimate of drug-likeness (QED) is 0.624. The topological polar surface area (TPSA) is 94.3 Å². The van der Waals surface area contributed by atoms with Crippen LogP contribution in [0.5, 0.6) is 0 Å². The van der Waals surface area contributed by atoms with Gasteiger partial charge in [-0.2, -0.15) is 5.26 Å². The van der Waals surface area contributed by atoms with Gasteiger partial charge in [0.15, 0.2) is 0 Å². The molecule has 1 aliphatic rings. The molecule has 2 amide bonds. The predicted octanol–water partition coefficient (Wildman–Crippen LogP) is 3.19. The molecule has 2 aromatic rings. The fourth-order valence-electron chi connectivity index (χ4n) is 2.90. The van der Waals surface area contributed by atoms with Crippen molar-refractivity contribution in [3.05, 3.63) is 76.4 Å². The first-order chi connectivity index (χ1) is 13.9. The normalized spacial score (nSPS) is 14.0. The van der Waals surface area contributed by atoms with E-state index in [1.54, 1.807) is 30.3 Å². The first-order valence-corrected chi connectivity index (χ1v) is 9.39. The molecule has 0 unspecified atom stereocenters. The molecular formula is C23H22N4O2. The highest BCUT2D eigenvalue weighted by Gasteiger charge is 2.27. The lowest BCUT2D eigenvalue weighted by Gasteiger charge is -2.08. The molecule has 0 spiro atoms. The maximum Gasteiger partial charge on any atom is 0.264 e. The first kappa shape index (κ1) is 20.0. The number of fused-ring (bicyclic) bond motifs is 1. The second-order valence-corrected chi connectivity index (χ2v) is 7.27. The number of aliphatic imine (C=N–C) groups is 1. The summed E-state index contributed by atoms with van der Waals surface area (Å²) in [6, 6.07) is 16.4. The average molecular weight is 386 g/mol. The minimum atomic E-state index is -0.471. The van der Waals surface area contributed by atoms with Crippen molar-refractivity contribution in [3.8, 4) is 6.07 Å². The number of hydrogen-bond acceptors (Lipinski definition) is 4. The van der Waals surface area contributed by atoms with Crippen molar-refractivity contribution in [2.75, 3.05) is 6.54 Å². The molecule has 29 heavy (non-hydrogen) atoms. The van der Waals surface area contributed by atoms with E-state index in [2.05, 4.69) is 15.6 Å². The van der Waals surface area contributed by atoms with Gasteiger partial charge in [-0.1, -0.05) is 55.8 Å². The molecule has 0 fully saturated rings. The van der Waals surface area contributed by atoms with E-state index in [1.807, 2.05) is 45.0 Å². The third-order valence-corrected chi connectivity index (χ3v) is 4.45. The summed E-state index contributed by atoms with van der Waals surface area (Å²) < 4.78 is 0. The number of aryl methyl sites for hydroxylation is 1. The van der Waals surface area contributed by atoms with E-state index >= 15 is 0 Å². The van der Waals surface area contributed by atoms with Gasteiger partial charge in [0.2, 0.25) is 0 Å². The van der Waals surface area contributed by atoms with Crippen LogP contribution in [0.15, 0.2) is 59.1 Å². The van der Waals surface area contributed by atoms with Gasteiger partial charge in [0, 0.05) is 23.2 Å². The maximum absolute atomic E-state index is 12.6. The summed E-state index contributed by atoms with van der Waals surface area (Å²) in [6.45, 7) is 6.35.